The van der Waals surface area contributed by atoms with Crippen LogP contribution in [0.5, 0.6) is 0 Å². The molecule has 1 rings (SSSR count). The van der Waals surface area contributed by atoms with Crippen molar-refractivity contribution >= 4 is 5.97 Å². The minimum absolute atomic E-state index is 0.0504. The van der Waals surface area contributed by atoms with Crippen LogP contribution in [0.3, 0.4) is 0 Å². The fraction of sp³-hybridized carbons (Fsp3) is 0.400. The van der Waals surface area contributed by atoms with Gasteiger partial charge in [0.05, 0.1) is 11.3 Å². The molecule has 0 aliphatic rings. The van der Waals surface area contributed by atoms with Crippen molar-refractivity contribution in [3.63, 3.8) is 0 Å². The van der Waals surface area contributed by atoms with Gasteiger partial charge in [-0.3, -0.25) is 14.8 Å². The van der Waals surface area contributed by atoms with Crippen molar-refractivity contribution in [2.45, 2.75) is 18.9 Å². The molecule has 0 aliphatic carbocycles. The number of carboxylic acid groups (broad SMARTS) is 1. The summed E-state index contributed by atoms with van der Waals surface area (Å²) >= 11 is 0. The quantitative estimate of drug-likeness (QED) is 0.588. The number of hydrogen-bond acceptors (Lipinski definition) is 4. The van der Waals surface area contributed by atoms with Gasteiger partial charge in [-0.25, -0.2) is 0 Å². The van der Waals surface area contributed by atoms with Gasteiger partial charge in [0.1, 0.15) is 0 Å². The summed E-state index contributed by atoms with van der Waals surface area (Å²) in [5.74, 6) is -1.08. The molecule has 0 radical (unpaired) electrons. The second kappa shape index (κ2) is 5.79. The van der Waals surface area contributed by atoms with Gasteiger partial charge in [-0.15, -0.1) is 4.91 Å². The Hall–Kier alpha value is -1.98. The number of aromatic nitrogens is 1. The highest BCUT2D eigenvalue weighted by atomic mass is 16.4. The first-order valence-electron chi connectivity index (χ1n) is 6.10. The average molecular weight is 226 g/mol. The van der Waals surface area contributed by atoms with Crippen molar-refractivity contribution in [3.8, 4) is 0 Å². The van der Waals surface area contributed by atoms with Gasteiger partial charge in [-0.1, -0.05) is 6.07 Å². The zero-order valence-electron chi connectivity index (χ0n) is 11.4. The molecule has 1 atom stereocenters. The lowest BCUT2D eigenvalue weighted by Gasteiger charge is -2.22. The number of carboxylic acids is 1. The summed E-state index contributed by atoms with van der Waals surface area (Å²) in [4.78, 5) is 25.2. The fourth-order valence-electron chi connectivity index (χ4n) is 1.32. The Morgan fingerprint density at radius 1 is 1.81 bits per heavy atom. The first kappa shape index (κ1) is 8.20. The molecule has 1 aromatic rings. The molecule has 0 spiro atoms. The maximum absolute atomic E-state index is 10.8. The van der Waals surface area contributed by atoms with Crippen LogP contribution in [0.4, 0.5) is 0 Å². The topological polar surface area (TPSA) is 82.9 Å². The molecule has 6 heteroatoms. The molecule has 0 bridgehead atoms. The van der Waals surface area contributed by atoms with Crippen molar-refractivity contribution in [2.75, 3.05) is 6.98 Å². The van der Waals surface area contributed by atoms with E-state index in [9.17, 15) is 9.70 Å². The molecule has 0 amide bonds. The van der Waals surface area contributed by atoms with Crippen LogP contribution >= 0.6 is 0 Å². The molecule has 0 aliphatic heterocycles. The largest absolute Gasteiger partial charge is 0.481 e. The molecule has 6 nitrogen and oxygen atoms in total. The number of hydrogen-bond donors (Lipinski definition) is 1. The van der Waals surface area contributed by atoms with Gasteiger partial charge in [0.2, 0.25) is 0 Å². The molecule has 1 N–H and O–H groups in total. The molecule has 86 valence electrons. The maximum Gasteiger partial charge on any atom is 0.303 e. The summed E-state index contributed by atoms with van der Waals surface area (Å²) in [5, 5.41) is 11.6. The van der Waals surface area contributed by atoms with E-state index in [2.05, 4.69) is 10.3 Å². The van der Waals surface area contributed by atoms with Crippen LogP contribution in [0.2, 0.25) is 0 Å². The van der Waals surface area contributed by atoms with Crippen molar-refractivity contribution in [1.29, 1.82) is 0 Å². The molecule has 1 unspecified atom stereocenters. The molecular weight excluding hydrogens is 210 g/mol. The number of carbonyl (C=O) groups is 1. The Kier molecular flexibility index (Phi) is 2.97. The molecular formula is C10H13N3O3. The normalized spacial score (nSPS) is 15.4. The second-order valence-electron chi connectivity index (χ2n) is 3.16. The fourth-order valence-corrected chi connectivity index (χ4v) is 1.32. The summed E-state index contributed by atoms with van der Waals surface area (Å²) < 4.78 is 21.8. The Balaban J connectivity index is 3.04. The van der Waals surface area contributed by atoms with Crippen LogP contribution in [0.1, 0.15) is 28.6 Å². The van der Waals surface area contributed by atoms with Crippen LogP contribution in [-0.2, 0) is 4.79 Å². The van der Waals surface area contributed by atoms with Gasteiger partial charge in [-0.2, -0.15) is 0 Å². The lowest BCUT2D eigenvalue weighted by atomic mass is 10.0. The van der Waals surface area contributed by atoms with E-state index in [-0.39, 0.29) is 12.8 Å². The van der Waals surface area contributed by atoms with Crippen LogP contribution in [0.15, 0.2) is 29.8 Å². The van der Waals surface area contributed by atoms with E-state index in [1.54, 1.807) is 12.1 Å². The predicted molar refractivity (Wildman–Crippen MR) is 57.4 cm³/mol. The van der Waals surface area contributed by atoms with Gasteiger partial charge in [0, 0.05) is 29.9 Å². The maximum atomic E-state index is 10.8. The third kappa shape index (κ3) is 3.30. The van der Waals surface area contributed by atoms with Crippen molar-refractivity contribution in [3.05, 3.63) is 35.0 Å². The van der Waals surface area contributed by atoms with Gasteiger partial charge in [-0.05, 0) is 18.1 Å². The Bertz CT molecular complexity index is 439. The number of nitroso groups, excluding NO2 is 1. The highest BCUT2D eigenvalue weighted by Gasteiger charge is 2.18. The van der Waals surface area contributed by atoms with Gasteiger partial charge < -0.3 is 5.11 Å². The number of rotatable bonds is 6. The van der Waals surface area contributed by atoms with Crippen molar-refractivity contribution in [2.24, 2.45) is 5.29 Å². The molecule has 0 saturated carbocycles. The molecule has 0 aromatic carbocycles. The summed E-state index contributed by atoms with van der Waals surface area (Å²) in [6.07, 6.45) is 2.55. The Labute approximate surface area is 97.1 Å². The Morgan fingerprint density at radius 3 is 3.12 bits per heavy atom. The van der Waals surface area contributed by atoms with E-state index in [1.807, 2.05) is 0 Å². The van der Waals surface area contributed by atoms with Crippen LogP contribution in [-0.4, -0.2) is 28.0 Å². The van der Waals surface area contributed by atoms with Crippen molar-refractivity contribution < 1.29 is 14.0 Å². The first-order valence-corrected chi connectivity index (χ1v) is 4.60. The molecule has 1 heterocycles. The number of aliphatic carboxylic acids is 1. The predicted octanol–water partition coefficient (Wildman–Crippen LogP) is 1.60. The van der Waals surface area contributed by atoms with E-state index >= 15 is 0 Å². The average Bonchev–Trinajstić information content (AvgIpc) is 2.33. The highest BCUT2D eigenvalue weighted by molar-refractivity contribution is 5.66. The lowest BCUT2D eigenvalue weighted by molar-refractivity contribution is -0.137. The number of pyridine rings is 1. The lowest BCUT2D eigenvalue weighted by Crippen LogP contribution is -2.19. The van der Waals surface area contributed by atoms with Gasteiger partial charge in [0.15, 0.2) is 0 Å². The summed E-state index contributed by atoms with van der Waals surface area (Å²) in [6.45, 7) is -2.74. The first-order chi connectivity index (χ1) is 8.86. The highest BCUT2D eigenvalue weighted by Crippen LogP contribution is 2.23. The summed E-state index contributed by atoms with van der Waals surface area (Å²) in [5.41, 5.74) is 0.430. The van der Waals surface area contributed by atoms with Gasteiger partial charge in [0.25, 0.3) is 0 Å². The molecule has 1 aromatic heterocycles. The minimum Gasteiger partial charge on any atom is -0.481 e. The van der Waals surface area contributed by atoms with E-state index in [4.69, 9.17) is 9.22 Å². The third-order valence-electron chi connectivity index (χ3n) is 2.08. The smallest absolute Gasteiger partial charge is 0.303 e. The van der Waals surface area contributed by atoms with Crippen LogP contribution in [0.25, 0.3) is 0 Å². The third-order valence-corrected chi connectivity index (χ3v) is 2.08. The SMILES string of the molecule is [2H]C([2H])([2H])N(N=O)C(CCC(=O)O)c1cccnc1. The van der Waals surface area contributed by atoms with E-state index in [0.717, 1.165) is 0 Å². The number of nitrogens with zero attached hydrogens (tertiary/aromatic N) is 3. The molecule has 16 heavy (non-hydrogen) atoms. The Morgan fingerprint density at radius 2 is 2.62 bits per heavy atom. The monoisotopic (exact) mass is 226 g/mol. The zero-order chi connectivity index (χ0) is 14.5. The van der Waals surface area contributed by atoms with E-state index < -0.39 is 19.0 Å². The van der Waals surface area contributed by atoms with E-state index in [1.165, 1.54) is 12.4 Å². The minimum atomic E-state index is -2.74. The van der Waals surface area contributed by atoms with Crippen LogP contribution in [0, 0.1) is 4.91 Å². The van der Waals surface area contributed by atoms with Crippen molar-refractivity contribution in [1.82, 2.24) is 9.99 Å². The molecule has 0 saturated heterocycles. The summed E-state index contributed by atoms with van der Waals surface area (Å²) in [7, 11) is 0. The molecule has 0 fully saturated rings. The van der Waals surface area contributed by atoms with Crippen LogP contribution < -0.4 is 0 Å². The summed E-state index contributed by atoms with van der Waals surface area (Å²) in [6, 6.07) is 2.20. The van der Waals surface area contributed by atoms with E-state index in [0.29, 0.717) is 10.6 Å². The zero-order valence-corrected chi connectivity index (χ0v) is 8.41. The standard InChI is InChI=1S/C10H13N3O3/c1-13(12-16)9(4-5-10(14)15)8-3-2-6-11-7-8/h2-3,6-7,9H,4-5H2,1H3,(H,14,15)/i1D3. The van der Waals surface area contributed by atoms with Gasteiger partial charge >= 0.3 is 5.97 Å². The second-order valence-corrected chi connectivity index (χ2v) is 3.16.